The molecule has 106 valence electrons. The molecule has 0 radical (unpaired) electrons. The van der Waals surface area contributed by atoms with E-state index in [-0.39, 0.29) is 6.54 Å². The van der Waals surface area contributed by atoms with Gasteiger partial charge in [-0.15, -0.1) is 0 Å². The lowest BCUT2D eigenvalue weighted by molar-refractivity contribution is -0.388. The second-order valence-electron chi connectivity index (χ2n) is 3.78. The van der Waals surface area contributed by atoms with Crippen LogP contribution in [-0.4, -0.2) is 31.1 Å². The Bertz CT molecular complexity index is 575. The summed E-state index contributed by atoms with van der Waals surface area (Å²) in [5.74, 6) is -0.903. The number of aliphatic hydroxyl groups excluding tert-OH is 1. The summed E-state index contributed by atoms with van der Waals surface area (Å²) >= 11 is 0. The first-order valence-electron chi connectivity index (χ1n) is 5.39. The number of rotatable bonds is 6. The molecule has 0 aliphatic carbocycles. The second-order valence-corrected chi connectivity index (χ2v) is 5.52. The largest absolute Gasteiger partial charge is 0.392 e. The Labute approximate surface area is 109 Å². The molecule has 1 aromatic rings. The molecule has 0 amide bonds. The van der Waals surface area contributed by atoms with Crippen LogP contribution < -0.4 is 4.72 Å². The summed E-state index contributed by atoms with van der Waals surface area (Å²) in [5.41, 5.74) is -0.849. The Morgan fingerprint density at radius 2 is 2.16 bits per heavy atom. The number of halogens is 1. The highest BCUT2D eigenvalue weighted by Gasteiger charge is 2.26. The number of sulfonamides is 1. The number of nitrogens with one attached hydrogen (secondary N) is 1. The lowest BCUT2D eigenvalue weighted by Gasteiger charge is -2.10. The van der Waals surface area contributed by atoms with Crippen molar-refractivity contribution in [2.75, 3.05) is 6.54 Å². The molecule has 1 atom stereocenters. The van der Waals surface area contributed by atoms with Gasteiger partial charge in [0, 0.05) is 6.54 Å². The summed E-state index contributed by atoms with van der Waals surface area (Å²) in [4.78, 5) is 9.10. The Morgan fingerprint density at radius 1 is 1.53 bits per heavy atom. The number of nitro benzene ring substituents is 1. The van der Waals surface area contributed by atoms with Gasteiger partial charge in [0.15, 0.2) is 4.90 Å². The van der Waals surface area contributed by atoms with E-state index >= 15 is 0 Å². The third kappa shape index (κ3) is 3.94. The van der Waals surface area contributed by atoms with Gasteiger partial charge in [-0.2, -0.15) is 0 Å². The first-order valence-corrected chi connectivity index (χ1v) is 6.88. The lowest BCUT2D eigenvalue weighted by atomic mass is 10.3. The van der Waals surface area contributed by atoms with Crippen molar-refractivity contribution in [3.8, 4) is 0 Å². The van der Waals surface area contributed by atoms with E-state index in [9.17, 15) is 28.0 Å². The maximum Gasteiger partial charge on any atom is 0.292 e. The minimum Gasteiger partial charge on any atom is -0.392 e. The molecule has 7 nitrogen and oxygen atoms in total. The van der Waals surface area contributed by atoms with Crippen molar-refractivity contribution in [1.29, 1.82) is 0 Å². The average molecular weight is 292 g/mol. The van der Waals surface area contributed by atoms with Gasteiger partial charge in [0.05, 0.1) is 17.1 Å². The first-order chi connectivity index (χ1) is 8.77. The molecule has 1 rings (SSSR count). The standard InChI is InChI=1S/C10H13FN2O5S/c1-2-8(14)6-12-19(17,18)10-4-3-7(11)5-9(10)13(15)16/h3-5,8,12,14H,2,6H2,1H3. The number of hydrogen-bond donors (Lipinski definition) is 2. The minimum absolute atomic E-state index is 0.270. The molecule has 1 unspecified atom stereocenters. The van der Waals surface area contributed by atoms with Crippen LogP contribution in [0, 0.1) is 15.9 Å². The lowest BCUT2D eigenvalue weighted by Crippen LogP contribution is -2.32. The van der Waals surface area contributed by atoms with Gasteiger partial charge >= 0.3 is 0 Å². The van der Waals surface area contributed by atoms with Crippen molar-refractivity contribution < 1.29 is 22.8 Å². The zero-order valence-corrected chi connectivity index (χ0v) is 10.9. The Hall–Kier alpha value is -1.58. The smallest absolute Gasteiger partial charge is 0.292 e. The monoisotopic (exact) mass is 292 g/mol. The summed E-state index contributed by atoms with van der Waals surface area (Å²) < 4.78 is 38.6. The summed E-state index contributed by atoms with van der Waals surface area (Å²) in [6, 6.07) is 2.16. The van der Waals surface area contributed by atoms with E-state index in [0.29, 0.717) is 12.5 Å². The molecular weight excluding hydrogens is 279 g/mol. The van der Waals surface area contributed by atoms with E-state index in [1.807, 2.05) is 4.72 Å². The molecule has 0 aliphatic heterocycles. The van der Waals surface area contributed by atoms with E-state index in [4.69, 9.17) is 0 Å². The van der Waals surface area contributed by atoms with Crippen LogP contribution in [0.15, 0.2) is 23.1 Å². The molecule has 1 aromatic carbocycles. The molecule has 2 N–H and O–H groups in total. The zero-order valence-electron chi connectivity index (χ0n) is 10.0. The van der Waals surface area contributed by atoms with Crippen molar-refractivity contribution in [1.82, 2.24) is 4.72 Å². The molecule has 0 heterocycles. The fourth-order valence-corrected chi connectivity index (χ4v) is 2.51. The van der Waals surface area contributed by atoms with Gasteiger partial charge < -0.3 is 5.11 Å². The topological polar surface area (TPSA) is 110 Å². The fourth-order valence-electron chi connectivity index (χ4n) is 1.29. The molecule has 9 heteroatoms. The van der Waals surface area contributed by atoms with Crippen LogP contribution >= 0.6 is 0 Å². The molecule has 0 fully saturated rings. The van der Waals surface area contributed by atoms with E-state index in [0.717, 1.165) is 12.1 Å². The first kappa shape index (κ1) is 15.5. The molecule has 0 bridgehead atoms. The van der Waals surface area contributed by atoms with Gasteiger partial charge in [-0.25, -0.2) is 17.5 Å². The highest BCUT2D eigenvalue weighted by molar-refractivity contribution is 7.89. The Morgan fingerprint density at radius 3 is 2.68 bits per heavy atom. The van der Waals surface area contributed by atoms with Gasteiger partial charge in [-0.05, 0) is 18.6 Å². The third-order valence-electron chi connectivity index (χ3n) is 2.39. The highest BCUT2D eigenvalue weighted by atomic mass is 32.2. The summed E-state index contributed by atoms with van der Waals surface area (Å²) in [5, 5.41) is 20.0. The van der Waals surface area contributed by atoms with Gasteiger partial charge in [-0.3, -0.25) is 10.1 Å². The number of nitro groups is 1. The van der Waals surface area contributed by atoms with Gasteiger partial charge in [0.2, 0.25) is 10.0 Å². The molecule has 19 heavy (non-hydrogen) atoms. The number of benzene rings is 1. The van der Waals surface area contributed by atoms with E-state index < -0.39 is 37.5 Å². The van der Waals surface area contributed by atoms with Gasteiger partial charge in [0.1, 0.15) is 5.82 Å². The zero-order chi connectivity index (χ0) is 14.6. The van der Waals surface area contributed by atoms with E-state index in [2.05, 4.69) is 0 Å². The van der Waals surface area contributed by atoms with Gasteiger partial charge in [0.25, 0.3) is 5.69 Å². The predicted octanol–water partition coefficient (Wildman–Crippen LogP) is 0.783. The normalized spacial score (nSPS) is 13.2. The van der Waals surface area contributed by atoms with Crippen LogP contribution in [-0.2, 0) is 10.0 Å². The van der Waals surface area contributed by atoms with Crippen LogP contribution in [0.4, 0.5) is 10.1 Å². The van der Waals surface area contributed by atoms with Crippen molar-refractivity contribution in [3.63, 3.8) is 0 Å². The summed E-state index contributed by atoms with van der Waals surface area (Å²) in [6.45, 7) is 1.38. The SMILES string of the molecule is CCC(O)CNS(=O)(=O)c1ccc(F)cc1[N+](=O)[O-]. The maximum absolute atomic E-state index is 12.9. The van der Waals surface area contributed by atoms with Crippen LogP contribution in [0.5, 0.6) is 0 Å². The predicted molar refractivity (Wildman–Crippen MR) is 64.5 cm³/mol. The van der Waals surface area contributed by atoms with Crippen LogP contribution in [0.3, 0.4) is 0 Å². The van der Waals surface area contributed by atoms with Crippen LogP contribution in [0.1, 0.15) is 13.3 Å². The molecule has 0 saturated heterocycles. The number of hydrogen-bond acceptors (Lipinski definition) is 5. The quantitative estimate of drug-likeness (QED) is 0.595. The van der Waals surface area contributed by atoms with E-state index in [1.165, 1.54) is 0 Å². The fraction of sp³-hybridized carbons (Fsp3) is 0.400. The van der Waals surface area contributed by atoms with Crippen LogP contribution in [0.25, 0.3) is 0 Å². The average Bonchev–Trinajstić information content (AvgIpc) is 2.35. The Kier molecular flexibility index (Phi) is 4.92. The van der Waals surface area contributed by atoms with Crippen LogP contribution in [0.2, 0.25) is 0 Å². The van der Waals surface area contributed by atoms with E-state index in [1.54, 1.807) is 6.92 Å². The third-order valence-corrected chi connectivity index (χ3v) is 3.86. The molecular formula is C10H13FN2O5S. The second kappa shape index (κ2) is 6.04. The molecule has 0 aliphatic rings. The van der Waals surface area contributed by atoms with Crippen molar-refractivity contribution in [2.45, 2.75) is 24.3 Å². The Balaban J connectivity index is 3.11. The molecule has 0 saturated carbocycles. The van der Waals surface area contributed by atoms with Crippen molar-refractivity contribution in [2.24, 2.45) is 0 Å². The summed E-state index contributed by atoms with van der Waals surface area (Å²) in [6.07, 6.45) is -0.567. The van der Waals surface area contributed by atoms with Crippen molar-refractivity contribution in [3.05, 3.63) is 34.1 Å². The number of nitrogens with zero attached hydrogens (tertiary/aromatic N) is 1. The van der Waals surface area contributed by atoms with Crippen molar-refractivity contribution >= 4 is 15.7 Å². The number of aliphatic hydroxyl groups is 1. The van der Waals surface area contributed by atoms with Gasteiger partial charge in [-0.1, -0.05) is 6.92 Å². The highest BCUT2D eigenvalue weighted by Crippen LogP contribution is 2.24. The maximum atomic E-state index is 12.9. The minimum atomic E-state index is -4.18. The molecule has 0 aromatic heterocycles. The molecule has 0 spiro atoms. The summed E-state index contributed by atoms with van der Waals surface area (Å²) in [7, 11) is -4.18.